The average Bonchev–Trinajstić information content (AvgIpc) is 2.75. The number of fused-ring (bicyclic) bond motifs is 1. The van der Waals surface area contributed by atoms with Crippen molar-refractivity contribution in [3.8, 4) is 0 Å². The van der Waals surface area contributed by atoms with Crippen LogP contribution in [0.3, 0.4) is 0 Å². The predicted molar refractivity (Wildman–Crippen MR) is 80.1 cm³/mol. The number of hydrogen-bond donors (Lipinski definition) is 2. The first-order valence-electron chi connectivity index (χ1n) is 7.00. The summed E-state index contributed by atoms with van der Waals surface area (Å²) >= 11 is 0. The lowest BCUT2D eigenvalue weighted by Crippen LogP contribution is -2.05. The lowest BCUT2D eigenvalue weighted by atomic mass is 10.0. The van der Waals surface area contributed by atoms with Gasteiger partial charge in [-0.3, -0.25) is 4.79 Å². The lowest BCUT2D eigenvalue weighted by Gasteiger charge is -2.11. The van der Waals surface area contributed by atoms with Crippen LogP contribution in [-0.4, -0.2) is 33.6 Å². The Hall–Kier alpha value is -2.14. The number of aliphatic hydroxyl groups is 1. The van der Waals surface area contributed by atoms with Crippen molar-refractivity contribution < 1.29 is 19.8 Å². The molecule has 5 nitrogen and oxygen atoms in total. The molecule has 0 saturated heterocycles. The van der Waals surface area contributed by atoms with Gasteiger partial charge in [0, 0.05) is 29.8 Å². The van der Waals surface area contributed by atoms with E-state index in [4.69, 9.17) is 5.11 Å². The van der Waals surface area contributed by atoms with Crippen LogP contribution in [0.1, 0.15) is 45.3 Å². The number of carbonyl (C=O) groups excluding carboxylic acids is 1. The fourth-order valence-corrected chi connectivity index (χ4v) is 2.78. The Morgan fingerprint density at radius 3 is 2.62 bits per heavy atom. The van der Waals surface area contributed by atoms with Gasteiger partial charge in [-0.05, 0) is 37.5 Å². The van der Waals surface area contributed by atoms with Crippen LogP contribution in [0, 0.1) is 6.92 Å². The molecule has 1 aromatic carbocycles. The van der Waals surface area contributed by atoms with E-state index in [1.165, 1.54) is 0 Å². The normalized spacial score (nSPS) is 11.0. The van der Waals surface area contributed by atoms with Crippen LogP contribution in [0.2, 0.25) is 0 Å². The number of aromatic carboxylic acids is 1. The molecule has 5 heteroatoms. The number of nitrogens with zero attached hydrogens (tertiary/aromatic N) is 1. The van der Waals surface area contributed by atoms with E-state index in [0.29, 0.717) is 30.3 Å². The number of hydrogen-bond acceptors (Lipinski definition) is 3. The third-order valence-electron chi connectivity index (χ3n) is 3.83. The second-order valence-electron chi connectivity index (χ2n) is 5.04. The predicted octanol–water partition coefficient (Wildman–Crippen LogP) is 2.41. The van der Waals surface area contributed by atoms with Crippen LogP contribution in [-0.2, 0) is 13.0 Å². The van der Waals surface area contributed by atoms with Gasteiger partial charge in [0.2, 0.25) is 0 Å². The first-order valence-corrected chi connectivity index (χ1v) is 7.00. The zero-order chi connectivity index (χ0) is 15.6. The van der Waals surface area contributed by atoms with Crippen molar-refractivity contribution in [2.45, 2.75) is 33.2 Å². The van der Waals surface area contributed by atoms with E-state index in [2.05, 4.69) is 0 Å². The van der Waals surface area contributed by atoms with E-state index in [1.54, 1.807) is 12.1 Å². The number of carboxylic acid groups (broad SMARTS) is 1. The van der Waals surface area contributed by atoms with Gasteiger partial charge >= 0.3 is 5.97 Å². The molecule has 0 radical (unpaired) electrons. The Labute approximate surface area is 122 Å². The average molecular weight is 289 g/mol. The van der Waals surface area contributed by atoms with Crippen LogP contribution in [0.5, 0.6) is 0 Å². The van der Waals surface area contributed by atoms with E-state index in [1.807, 2.05) is 18.4 Å². The summed E-state index contributed by atoms with van der Waals surface area (Å²) in [6.07, 6.45) is 2.05. The molecule has 0 atom stereocenters. The largest absolute Gasteiger partial charge is 0.478 e. The van der Waals surface area contributed by atoms with Crippen LogP contribution in [0.25, 0.3) is 10.9 Å². The third kappa shape index (κ3) is 2.56. The van der Waals surface area contributed by atoms with Crippen LogP contribution in [0.15, 0.2) is 12.1 Å². The summed E-state index contributed by atoms with van der Waals surface area (Å²) in [6, 6.07) is 3.22. The molecule has 0 bridgehead atoms. The number of aromatic nitrogens is 1. The number of benzene rings is 1. The van der Waals surface area contributed by atoms with Crippen LogP contribution >= 0.6 is 0 Å². The number of aliphatic hydroxyl groups excluding tert-OH is 1. The highest BCUT2D eigenvalue weighted by Gasteiger charge is 2.18. The molecule has 0 amide bonds. The van der Waals surface area contributed by atoms with Crippen molar-refractivity contribution in [2.24, 2.45) is 0 Å². The molecule has 0 spiro atoms. The lowest BCUT2D eigenvalue weighted by molar-refractivity contribution is 0.0696. The molecular weight excluding hydrogens is 270 g/mol. The molecule has 0 aliphatic rings. The number of aryl methyl sites for hydroxylation is 2. The smallest absolute Gasteiger partial charge is 0.335 e. The first kappa shape index (κ1) is 15.3. The molecule has 0 aliphatic carbocycles. The number of carboxylic acids is 1. The molecule has 0 unspecified atom stereocenters. The third-order valence-corrected chi connectivity index (χ3v) is 3.83. The molecule has 2 aromatic rings. The molecular formula is C16H19NO4. The summed E-state index contributed by atoms with van der Waals surface area (Å²) in [5.74, 6) is -0.996. The van der Waals surface area contributed by atoms with Crippen molar-refractivity contribution in [1.29, 1.82) is 0 Å². The Bertz CT molecular complexity index is 700. The summed E-state index contributed by atoms with van der Waals surface area (Å²) in [5, 5.41) is 18.9. The summed E-state index contributed by atoms with van der Waals surface area (Å²) in [5.41, 5.74) is 3.34. The van der Waals surface area contributed by atoms with Gasteiger partial charge in [0.15, 0.2) is 6.29 Å². The van der Waals surface area contributed by atoms with E-state index in [9.17, 15) is 14.7 Å². The van der Waals surface area contributed by atoms with Crippen molar-refractivity contribution in [2.75, 3.05) is 6.61 Å². The maximum Gasteiger partial charge on any atom is 0.335 e. The van der Waals surface area contributed by atoms with Crippen LogP contribution in [0.4, 0.5) is 0 Å². The number of carbonyl (C=O) groups is 2. The molecule has 1 aromatic heterocycles. The zero-order valence-electron chi connectivity index (χ0n) is 12.2. The van der Waals surface area contributed by atoms with Crippen molar-refractivity contribution in [3.63, 3.8) is 0 Å². The second-order valence-corrected chi connectivity index (χ2v) is 5.04. The molecule has 2 rings (SSSR count). The van der Waals surface area contributed by atoms with Gasteiger partial charge in [0.1, 0.15) is 0 Å². The van der Waals surface area contributed by atoms with Gasteiger partial charge in [-0.15, -0.1) is 0 Å². The van der Waals surface area contributed by atoms with Gasteiger partial charge in [-0.2, -0.15) is 0 Å². The zero-order valence-corrected chi connectivity index (χ0v) is 12.2. The minimum Gasteiger partial charge on any atom is -0.478 e. The first-order chi connectivity index (χ1) is 10.0. The topological polar surface area (TPSA) is 79.5 Å². The highest BCUT2D eigenvalue weighted by Crippen LogP contribution is 2.30. The molecule has 2 N–H and O–H groups in total. The summed E-state index contributed by atoms with van der Waals surface area (Å²) in [7, 11) is 0. The Balaban J connectivity index is 2.82. The van der Waals surface area contributed by atoms with Gasteiger partial charge in [-0.1, -0.05) is 6.92 Å². The standard InChI is InChI=1S/C16H19NO4/c1-3-11-7-12(16(20)21)8-13-14(9-19)10(2)17(15(11)13)5-4-6-18/h7-9,18H,3-6H2,1-2H3,(H,20,21). The molecule has 0 saturated carbocycles. The van der Waals surface area contributed by atoms with E-state index < -0.39 is 5.97 Å². The van der Waals surface area contributed by atoms with Crippen LogP contribution < -0.4 is 0 Å². The minimum absolute atomic E-state index is 0.0736. The van der Waals surface area contributed by atoms with E-state index in [0.717, 1.165) is 23.1 Å². The molecule has 1 heterocycles. The Kier molecular flexibility index (Phi) is 4.43. The van der Waals surface area contributed by atoms with E-state index in [-0.39, 0.29) is 12.2 Å². The van der Waals surface area contributed by atoms with Gasteiger partial charge < -0.3 is 14.8 Å². The number of rotatable bonds is 6. The Morgan fingerprint density at radius 1 is 1.38 bits per heavy atom. The Morgan fingerprint density at radius 2 is 2.10 bits per heavy atom. The quantitative estimate of drug-likeness (QED) is 0.800. The highest BCUT2D eigenvalue weighted by atomic mass is 16.4. The fourth-order valence-electron chi connectivity index (χ4n) is 2.78. The fraction of sp³-hybridized carbons (Fsp3) is 0.375. The van der Waals surface area contributed by atoms with Gasteiger partial charge in [-0.25, -0.2) is 4.79 Å². The molecule has 112 valence electrons. The monoisotopic (exact) mass is 289 g/mol. The minimum atomic E-state index is -0.996. The number of aldehydes is 1. The maximum absolute atomic E-state index is 11.4. The van der Waals surface area contributed by atoms with E-state index >= 15 is 0 Å². The molecule has 21 heavy (non-hydrogen) atoms. The van der Waals surface area contributed by atoms with Gasteiger partial charge in [0.05, 0.1) is 11.1 Å². The summed E-state index contributed by atoms with van der Waals surface area (Å²) in [4.78, 5) is 22.6. The summed E-state index contributed by atoms with van der Waals surface area (Å²) < 4.78 is 2.00. The van der Waals surface area contributed by atoms with Crippen molar-refractivity contribution >= 4 is 23.2 Å². The highest BCUT2D eigenvalue weighted by molar-refractivity contribution is 6.04. The second kappa shape index (κ2) is 6.10. The van der Waals surface area contributed by atoms with Crippen molar-refractivity contribution in [1.82, 2.24) is 4.57 Å². The SMILES string of the molecule is CCc1cc(C(=O)O)cc2c(C=O)c(C)n(CCCO)c12. The molecule has 0 aliphatic heterocycles. The molecule has 0 fully saturated rings. The van der Waals surface area contributed by atoms with Gasteiger partial charge in [0.25, 0.3) is 0 Å². The maximum atomic E-state index is 11.4. The van der Waals surface area contributed by atoms with Crippen molar-refractivity contribution in [3.05, 3.63) is 34.5 Å². The summed E-state index contributed by atoms with van der Waals surface area (Å²) in [6.45, 7) is 4.48.